The van der Waals surface area contributed by atoms with Crippen molar-refractivity contribution in [1.82, 2.24) is 20.3 Å². The van der Waals surface area contributed by atoms with Gasteiger partial charge in [-0.15, -0.1) is 0 Å². The Balaban J connectivity index is 0.00000213. The molecule has 1 saturated carbocycles. The van der Waals surface area contributed by atoms with Gasteiger partial charge in [-0.3, -0.25) is 0 Å². The minimum Gasteiger partial charge on any atom is -0.393 e. The Morgan fingerprint density at radius 1 is 1.04 bits per heavy atom. The first kappa shape index (κ1) is 44.3. The average Bonchev–Trinajstić information content (AvgIpc) is 3.30. The normalized spacial score (nSPS) is 17.5. The fourth-order valence-electron chi connectivity index (χ4n) is 6.65. The van der Waals surface area contributed by atoms with Gasteiger partial charge in [0, 0.05) is 43.0 Å². The van der Waals surface area contributed by atoms with Gasteiger partial charge in [0.1, 0.15) is 0 Å². The summed E-state index contributed by atoms with van der Waals surface area (Å²) in [7, 11) is 4.04. The van der Waals surface area contributed by atoms with Gasteiger partial charge >= 0.3 is 0 Å². The molecule has 0 saturated heterocycles. The van der Waals surface area contributed by atoms with E-state index in [2.05, 4.69) is 105 Å². The Bertz CT molecular complexity index is 981. The van der Waals surface area contributed by atoms with Crippen LogP contribution in [0.2, 0.25) is 0 Å². The van der Waals surface area contributed by atoms with Crippen molar-refractivity contribution in [2.24, 2.45) is 23.5 Å². The fraction of sp³-hybridized carbons (Fsp3) is 0.707. The topological polar surface area (TPSA) is 85.6 Å². The summed E-state index contributed by atoms with van der Waals surface area (Å²) >= 11 is 1.68. The van der Waals surface area contributed by atoms with Crippen LogP contribution in [0.4, 0.5) is 0 Å². The number of aliphatic hydroxyl groups excluding tert-OH is 1. The van der Waals surface area contributed by atoms with Crippen LogP contribution in [-0.2, 0) is 0 Å². The Kier molecular flexibility index (Phi) is 24.9. The molecule has 0 spiro atoms. The molecular formula is C41H75N5OS. The number of hydrogen-bond acceptors (Lipinski definition) is 7. The monoisotopic (exact) mass is 686 g/mol. The third-order valence-electron chi connectivity index (χ3n) is 9.16. The molecule has 0 aromatic carbocycles. The fourth-order valence-corrected chi connectivity index (χ4v) is 7.57. The minimum atomic E-state index is -0.306. The van der Waals surface area contributed by atoms with Crippen LogP contribution in [0, 0.1) is 17.8 Å². The summed E-state index contributed by atoms with van der Waals surface area (Å²) in [5.41, 5.74) is 9.03. The molecule has 0 amide bonds. The third kappa shape index (κ3) is 20.7. The lowest BCUT2D eigenvalue weighted by Gasteiger charge is -2.33. The molecule has 6 N–H and O–H groups in total. The molecule has 0 aliphatic heterocycles. The molecule has 276 valence electrons. The van der Waals surface area contributed by atoms with Crippen molar-refractivity contribution in [3.63, 3.8) is 0 Å². The van der Waals surface area contributed by atoms with E-state index < -0.39 is 0 Å². The van der Waals surface area contributed by atoms with E-state index in [9.17, 15) is 5.11 Å². The number of aliphatic hydroxyl groups is 1. The molecule has 4 atom stereocenters. The zero-order chi connectivity index (χ0) is 35.7. The molecular weight excluding hydrogens is 611 g/mol. The summed E-state index contributed by atoms with van der Waals surface area (Å²) in [6.07, 6.45) is 26.7. The van der Waals surface area contributed by atoms with Crippen molar-refractivity contribution in [3.8, 4) is 0 Å². The molecule has 0 heterocycles. The van der Waals surface area contributed by atoms with Gasteiger partial charge in [0.15, 0.2) is 0 Å². The number of allylic oxidation sites excluding steroid dienone is 8. The zero-order valence-corrected chi connectivity index (χ0v) is 32.7. The number of likely N-dealkylation sites (N-methyl/N-ethyl adjacent to an activating group) is 2. The number of unbranched alkanes of at least 4 members (excludes halogenated alkanes) is 2. The molecule has 0 radical (unpaired) electrons. The second kappa shape index (κ2) is 27.0. The maximum absolute atomic E-state index is 10.9. The van der Waals surface area contributed by atoms with E-state index in [1.54, 1.807) is 11.9 Å². The highest BCUT2D eigenvalue weighted by Gasteiger charge is 2.25. The van der Waals surface area contributed by atoms with E-state index in [1.807, 2.05) is 7.05 Å². The van der Waals surface area contributed by atoms with Crippen LogP contribution in [0.3, 0.4) is 0 Å². The van der Waals surface area contributed by atoms with E-state index >= 15 is 0 Å². The first-order valence-electron chi connectivity index (χ1n) is 19.0. The van der Waals surface area contributed by atoms with E-state index in [1.165, 1.54) is 56.9 Å². The Labute approximate surface area is 301 Å². The predicted octanol–water partition coefficient (Wildman–Crippen LogP) is 9.00. The van der Waals surface area contributed by atoms with Gasteiger partial charge in [0.05, 0.1) is 12.1 Å². The zero-order valence-electron chi connectivity index (χ0n) is 31.9. The third-order valence-corrected chi connectivity index (χ3v) is 10.1. The van der Waals surface area contributed by atoms with E-state index in [4.69, 9.17) is 5.73 Å². The second-order valence-corrected chi connectivity index (χ2v) is 15.8. The average molecular weight is 686 g/mol. The first-order chi connectivity index (χ1) is 23.0. The minimum absolute atomic E-state index is 0.0320. The largest absolute Gasteiger partial charge is 0.393 e. The highest BCUT2D eigenvalue weighted by molar-refractivity contribution is 8.00. The van der Waals surface area contributed by atoms with E-state index in [0.717, 1.165) is 73.8 Å². The summed E-state index contributed by atoms with van der Waals surface area (Å²) in [5.74, 6) is 1.37. The van der Waals surface area contributed by atoms with Gasteiger partial charge in [-0.2, -0.15) is 0 Å². The summed E-state index contributed by atoms with van der Waals surface area (Å²) in [6.45, 7) is 24.4. The van der Waals surface area contributed by atoms with Gasteiger partial charge in [0.25, 0.3) is 0 Å². The van der Waals surface area contributed by atoms with Crippen LogP contribution in [0.15, 0.2) is 72.0 Å². The van der Waals surface area contributed by atoms with Gasteiger partial charge in [0.2, 0.25) is 0 Å². The molecule has 2 rings (SSSR count). The number of nitrogens with one attached hydrogen (secondary N) is 3. The molecule has 7 heteroatoms. The van der Waals surface area contributed by atoms with E-state index in [-0.39, 0.29) is 24.1 Å². The van der Waals surface area contributed by atoms with Crippen LogP contribution in [0.5, 0.6) is 0 Å². The first-order valence-corrected chi connectivity index (χ1v) is 19.8. The lowest BCUT2D eigenvalue weighted by Crippen LogP contribution is -2.46. The molecule has 1 fully saturated rings. The quantitative estimate of drug-likeness (QED) is 0.0649. The summed E-state index contributed by atoms with van der Waals surface area (Å²) in [5, 5.41) is 21.8. The van der Waals surface area contributed by atoms with Crippen LogP contribution in [-0.4, -0.2) is 61.3 Å². The molecule has 0 bridgehead atoms. The molecule has 2 aliphatic rings. The number of nitrogens with two attached hydrogens (primary N) is 1. The summed E-state index contributed by atoms with van der Waals surface area (Å²) < 4.78 is 2.15. The molecule has 0 aromatic rings. The smallest absolute Gasteiger partial charge is 0.0775 e. The number of rotatable bonds is 24. The number of nitrogens with zero attached hydrogens (tertiary/aromatic N) is 1. The van der Waals surface area contributed by atoms with Gasteiger partial charge in [-0.1, -0.05) is 129 Å². The van der Waals surface area contributed by atoms with Crippen LogP contribution < -0.4 is 21.7 Å². The molecule has 6 nitrogen and oxygen atoms in total. The van der Waals surface area contributed by atoms with Crippen LogP contribution >= 0.6 is 11.9 Å². The maximum atomic E-state index is 10.9. The van der Waals surface area contributed by atoms with Crippen molar-refractivity contribution in [2.45, 2.75) is 136 Å². The molecule has 2 unspecified atom stereocenters. The van der Waals surface area contributed by atoms with Crippen molar-refractivity contribution in [3.05, 3.63) is 72.0 Å². The molecule has 0 aromatic heterocycles. The highest BCUT2D eigenvalue weighted by Crippen LogP contribution is 2.32. The van der Waals surface area contributed by atoms with Crippen LogP contribution in [0.25, 0.3) is 0 Å². The lowest BCUT2D eigenvalue weighted by atomic mass is 9.83. The Hall–Kier alpha value is -1.77. The van der Waals surface area contributed by atoms with Gasteiger partial charge in [-0.25, -0.2) is 4.31 Å². The van der Waals surface area contributed by atoms with Crippen molar-refractivity contribution in [2.75, 3.05) is 33.7 Å². The number of hydrogen-bond donors (Lipinski definition) is 5. The summed E-state index contributed by atoms with van der Waals surface area (Å²) in [4.78, 5) is 1.10. The predicted molar refractivity (Wildman–Crippen MR) is 215 cm³/mol. The molecule has 48 heavy (non-hydrogen) atoms. The lowest BCUT2D eigenvalue weighted by molar-refractivity contribution is 0.120. The van der Waals surface area contributed by atoms with Crippen molar-refractivity contribution in [1.29, 1.82) is 0 Å². The summed E-state index contributed by atoms with van der Waals surface area (Å²) in [6, 6.07) is 0.173. The Morgan fingerprint density at radius 3 is 2.35 bits per heavy atom. The van der Waals surface area contributed by atoms with Crippen molar-refractivity contribution >= 4 is 11.9 Å². The van der Waals surface area contributed by atoms with Gasteiger partial charge in [-0.05, 0) is 86.9 Å². The highest BCUT2D eigenvalue weighted by atomic mass is 32.2. The standard InChI is InChI=1S/C36H63N5OS.C5H12/c1-27(2)21-35(42)25-34(24-32-17-13-10-14-18-32)39-30(5)36(26-38-6)40-29(4)33(22-28(3)43-41(7)20-19-37)23-31-15-11-8-9-12-16-31;1-3-5-4-2/h8,11-12,15-16,27,32-36,38-40,42H,3-5,9-10,13-14,17-26,37H2,1-2,6-7H3;3-5H2,1-2H3/t33-,34?,35-,36?;/m0./s1. The molecule has 2 aliphatic carbocycles. The van der Waals surface area contributed by atoms with Crippen LogP contribution in [0.1, 0.15) is 118 Å². The van der Waals surface area contributed by atoms with E-state index in [0.29, 0.717) is 12.5 Å². The second-order valence-electron chi connectivity index (χ2n) is 14.4. The van der Waals surface area contributed by atoms with Gasteiger partial charge < -0.3 is 26.8 Å². The SMILES string of the molecule is C=C(C[C@@H](CC1=CC=CCC=C1)C(=C)NC(CNC)C(=C)NC(CC1CCCCC1)C[C@@H](O)CC(C)C)SN(C)CCN.CCCCC. The van der Waals surface area contributed by atoms with Crippen molar-refractivity contribution < 1.29 is 5.11 Å². The Morgan fingerprint density at radius 2 is 1.75 bits per heavy atom. The maximum Gasteiger partial charge on any atom is 0.0775 e.